The van der Waals surface area contributed by atoms with Crippen LogP contribution in [-0.2, 0) is 10.3 Å². The van der Waals surface area contributed by atoms with Gasteiger partial charge >= 0.3 is 119 Å². The SMILES string of the molecule is CC(C)CCc1ccccc1[Se](=O)c1ccccc1. The van der Waals surface area contributed by atoms with E-state index in [1.54, 1.807) is 0 Å². The second kappa shape index (κ2) is 6.79. The summed E-state index contributed by atoms with van der Waals surface area (Å²) in [6.45, 7) is 4.45. The van der Waals surface area contributed by atoms with Crippen molar-refractivity contribution in [3.05, 3.63) is 60.2 Å². The van der Waals surface area contributed by atoms with Crippen LogP contribution in [0.3, 0.4) is 0 Å². The number of aryl methyl sites for hydroxylation is 1. The van der Waals surface area contributed by atoms with E-state index in [0.717, 1.165) is 21.8 Å². The molecule has 0 saturated heterocycles. The number of rotatable bonds is 5. The van der Waals surface area contributed by atoms with Crippen LogP contribution in [0.15, 0.2) is 54.6 Å². The van der Waals surface area contributed by atoms with E-state index in [4.69, 9.17) is 0 Å². The van der Waals surface area contributed by atoms with Crippen molar-refractivity contribution in [2.24, 2.45) is 5.92 Å². The van der Waals surface area contributed by atoms with Gasteiger partial charge in [-0.15, -0.1) is 0 Å². The molecule has 2 heteroatoms. The van der Waals surface area contributed by atoms with Gasteiger partial charge in [-0.05, 0) is 0 Å². The fourth-order valence-corrected chi connectivity index (χ4v) is 4.67. The first-order valence-electron chi connectivity index (χ1n) is 6.73. The number of hydrogen-bond acceptors (Lipinski definition) is 1. The van der Waals surface area contributed by atoms with E-state index in [1.165, 1.54) is 5.56 Å². The van der Waals surface area contributed by atoms with Gasteiger partial charge in [-0.3, -0.25) is 0 Å². The van der Waals surface area contributed by atoms with Gasteiger partial charge in [0.25, 0.3) is 0 Å². The summed E-state index contributed by atoms with van der Waals surface area (Å²) in [5.74, 6) is 0.676. The Bertz CT molecular complexity index is 546. The first-order chi connectivity index (χ1) is 9.18. The zero-order valence-corrected chi connectivity index (χ0v) is 13.2. The molecule has 0 fully saturated rings. The molecule has 100 valence electrons. The molecule has 0 saturated carbocycles. The molecule has 0 radical (unpaired) electrons. The average Bonchev–Trinajstić information content (AvgIpc) is 2.45. The third-order valence-electron chi connectivity index (χ3n) is 3.12. The minimum absolute atomic E-state index is 0.676. The standard InChI is InChI=1S/C17H20OSe/c1-14(2)12-13-15-8-6-7-11-17(15)19(18)16-9-4-3-5-10-16/h3-11,14H,12-13H2,1-2H3. The molecule has 0 aliphatic rings. The van der Waals surface area contributed by atoms with Crippen LogP contribution in [0, 0.1) is 5.92 Å². The van der Waals surface area contributed by atoms with E-state index in [9.17, 15) is 3.83 Å². The van der Waals surface area contributed by atoms with Crippen molar-refractivity contribution in [2.75, 3.05) is 0 Å². The third-order valence-corrected chi connectivity index (χ3v) is 6.26. The van der Waals surface area contributed by atoms with Crippen molar-refractivity contribution in [1.82, 2.24) is 0 Å². The maximum atomic E-state index is 12.7. The topological polar surface area (TPSA) is 17.1 Å². The molecule has 0 amide bonds. The summed E-state index contributed by atoms with van der Waals surface area (Å²) in [6, 6.07) is 18.0. The van der Waals surface area contributed by atoms with Crippen LogP contribution in [0.1, 0.15) is 25.8 Å². The van der Waals surface area contributed by atoms with Gasteiger partial charge in [-0.2, -0.15) is 0 Å². The molecule has 2 aromatic carbocycles. The van der Waals surface area contributed by atoms with Crippen LogP contribution in [-0.4, -0.2) is 13.8 Å². The molecular weight excluding hydrogens is 299 g/mol. The molecule has 0 bridgehead atoms. The van der Waals surface area contributed by atoms with Crippen molar-refractivity contribution < 1.29 is 3.83 Å². The average molecular weight is 319 g/mol. The summed E-state index contributed by atoms with van der Waals surface area (Å²) in [5, 5.41) is 0. The van der Waals surface area contributed by atoms with Crippen LogP contribution in [0.2, 0.25) is 0 Å². The molecule has 19 heavy (non-hydrogen) atoms. The molecule has 0 N–H and O–H groups in total. The Kier molecular flexibility index (Phi) is 5.07. The summed E-state index contributed by atoms with van der Waals surface area (Å²) in [4.78, 5) is 0. The molecule has 0 spiro atoms. The van der Waals surface area contributed by atoms with Gasteiger partial charge < -0.3 is 0 Å². The summed E-state index contributed by atoms with van der Waals surface area (Å²) in [5.41, 5.74) is 1.25. The van der Waals surface area contributed by atoms with Gasteiger partial charge in [0, 0.05) is 0 Å². The van der Waals surface area contributed by atoms with Crippen LogP contribution in [0.25, 0.3) is 0 Å². The second-order valence-electron chi connectivity index (χ2n) is 5.12. The summed E-state index contributed by atoms with van der Waals surface area (Å²) in [6.07, 6.45) is 2.16. The molecule has 2 aromatic rings. The van der Waals surface area contributed by atoms with E-state index in [1.807, 2.05) is 48.5 Å². The quantitative estimate of drug-likeness (QED) is 0.775. The van der Waals surface area contributed by atoms with Gasteiger partial charge in [0.2, 0.25) is 0 Å². The monoisotopic (exact) mass is 320 g/mol. The second-order valence-corrected chi connectivity index (χ2v) is 8.16. The summed E-state index contributed by atoms with van der Waals surface area (Å²) >= 11 is -2.12. The van der Waals surface area contributed by atoms with Crippen LogP contribution < -0.4 is 8.92 Å². The predicted molar refractivity (Wildman–Crippen MR) is 81.8 cm³/mol. The Labute approximate surface area is 119 Å². The molecule has 1 atom stereocenters. The Morgan fingerprint density at radius 1 is 0.947 bits per heavy atom. The molecule has 1 nitrogen and oxygen atoms in total. The Morgan fingerprint density at radius 2 is 1.58 bits per heavy atom. The van der Waals surface area contributed by atoms with Crippen molar-refractivity contribution >= 4 is 22.8 Å². The van der Waals surface area contributed by atoms with Gasteiger partial charge in [0.15, 0.2) is 0 Å². The van der Waals surface area contributed by atoms with E-state index in [0.29, 0.717) is 5.92 Å². The Balaban J connectivity index is 2.27. The Morgan fingerprint density at radius 3 is 2.26 bits per heavy atom. The van der Waals surface area contributed by atoms with Crippen molar-refractivity contribution in [3.8, 4) is 0 Å². The molecule has 0 aliphatic heterocycles. The normalized spacial score (nSPS) is 12.6. The minimum atomic E-state index is -2.12. The van der Waals surface area contributed by atoms with Crippen LogP contribution in [0.5, 0.6) is 0 Å². The number of hydrogen-bond donors (Lipinski definition) is 0. The molecule has 0 aromatic heterocycles. The number of benzene rings is 2. The zero-order valence-electron chi connectivity index (χ0n) is 11.5. The summed E-state index contributed by atoms with van der Waals surface area (Å²) < 4.78 is 14.7. The van der Waals surface area contributed by atoms with Crippen molar-refractivity contribution in [1.29, 1.82) is 0 Å². The van der Waals surface area contributed by atoms with Gasteiger partial charge in [0.1, 0.15) is 0 Å². The van der Waals surface area contributed by atoms with Gasteiger partial charge in [-0.25, -0.2) is 0 Å². The fraction of sp³-hybridized carbons (Fsp3) is 0.294. The van der Waals surface area contributed by atoms with E-state index in [2.05, 4.69) is 19.9 Å². The molecule has 0 aliphatic carbocycles. The maximum absolute atomic E-state index is 12.7. The first-order valence-corrected chi connectivity index (χ1v) is 9.14. The van der Waals surface area contributed by atoms with Crippen molar-refractivity contribution in [2.45, 2.75) is 26.7 Å². The molecule has 2 rings (SSSR count). The molecule has 1 unspecified atom stereocenters. The van der Waals surface area contributed by atoms with Gasteiger partial charge in [-0.1, -0.05) is 0 Å². The molecule has 0 heterocycles. The van der Waals surface area contributed by atoms with E-state index < -0.39 is 13.8 Å². The van der Waals surface area contributed by atoms with Crippen molar-refractivity contribution in [3.63, 3.8) is 0 Å². The van der Waals surface area contributed by atoms with Crippen LogP contribution in [0.4, 0.5) is 0 Å². The van der Waals surface area contributed by atoms with Gasteiger partial charge in [0.05, 0.1) is 0 Å². The Hall–Kier alpha value is -1.24. The third kappa shape index (κ3) is 3.86. The van der Waals surface area contributed by atoms with E-state index >= 15 is 0 Å². The summed E-state index contributed by atoms with van der Waals surface area (Å²) in [7, 11) is 0. The van der Waals surface area contributed by atoms with Crippen LogP contribution >= 0.6 is 0 Å². The fourth-order valence-electron chi connectivity index (χ4n) is 2.01. The zero-order chi connectivity index (χ0) is 13.7. The first kappa shape index (κ1) is 14.2. The van der Waals surface area contributed by atoms with E-state index in [-0.39, 0.29) is 0 Å². The molecular formula is C17H20OSe. The predicted octanol–water partition coefficient (Wildman–Crippen LogP) is 2.81.